The number of benzene rings is 2. The lowest BCUT2D eigenvalue weighted by molar-refractivity contribution is 0.102. The van der Waals surface area contributed by atoms with E-state index in [9.17, 15) is 4.79 Å². The van der Waals surface area contributed by atoms with Crippen LogP contribution in [0.1, 0.15) is 27.3 Å². The Bertz CT molecular complexity index is 1180. The Kier molecular flexibility index (Phi) is 6.01. The van der Waals surface area contributed by atoms with E-state index in [1.807, 2.05) is 81.4 Å². The molecule has 0 saturated carbocycles. The number of aromatic nitrogens is 3. The van der Waals surface area contributed by atoms with Gasteiger partial charge in [0.1, 0.15) is 0 Å². The van der Waals surface area contributed by atoms with Crippen molar-refractivity contribution in [2.75, 3.05) is 11.1 Å². The van der Waals surface area contributed by atoms with Gasteiger partial charge in [-0.05, 0) is 50.6 Å². The Morgan fingerprint density at radius 1 is 1.03 bits per heavy atom. The summed E-state index contributed by atoms with van der Waals surface area (Å²) in [4.78, 5) is 12.9. The van der Waals surface area contributed by atoms with Crippen LogP contribution in [0.15, 0.2) is 65.0 Å². The summed E-state index contributed by atoms with van der Waals surface area (Å²) >= 11 is 2.88. The fourth-order valence-corrected chi connectivity index (χ4v) is 5.02. The molecule has 1 N–H and O–H groups in total. The highest BCUT2D eigenvalue weighted by atomic mass is 32.2. The Morgan fingerprint density at radius 2 is 1.77 bits per heavy atom. The van der Waals surface area contributed by atoms with Gasteiger partial charge in [-0.3, -0.25) is 4.79 Å². The van der Waals surface area contributed by atoms with Gasteiger partial charge in [-0.1, -0.05) is 59.5 Å². The Balaban J connectivity index is 1.43. The maximum absolute atomic E-state index is 12.9. The van der Waals surface area contributed by atoms with E-state index in [-0.39, 0.29) is 5.78 Å². The molecule has 2 heterocycles. The third kappa shape index (κ3) is 4.32. The van der Waals surface area contributed by atoms with E-state index in [0.29, 0.717) is 5.75 Å². The second-order valence-electron chi connectivity index (χ2n) is 6.98. The van der Waals surface area contributed by atoms with Gasteiger partial charge in [0.05, 0.1) is 5.75 Å². The molecule has 0 saturated heterocycles. The number of anilines is 2. The summed E-state index contributed by atoms with van der Waals surface area (Å²) in [5.41, 5.74) is 5.98. The molecule has 2 aromatic carbocycles. The molecule has 0 bridgehead atoms. The van der Waals surface area contributed by atoms with Crippen LogP contribution in [0.4, 0.5) is 10.8 Å². The zero-order valence-corrected chi connectivity index (χ0v) is 18.7. The van der Waals surface area contributed by atoms with E-state index in [0.717, 1.165) is 43.4 Å². The standard InChI is InChI=1S/C23H22N4OS2/c1-15-9-7-8-12-20(15)24-22-25-26-23(30-22)29-14-21(28)19-13-16(2)27(17(19)3)18-10-5-4-6-11-18/h4-13H,14H2,1-3H3,(H,24,25). The number of ketones is 1. The van der Waals surface area contributed by atoms with Crippen molar-refractivity contribution in [3.05, 3.63) is 83.2 Å². The predicted octanol–water partition coefficient (Wildman–Crippen LogP) is 5.97. The number of carbonyl (C=O) groups is 1. The zero-order chi connectivity index (χ0) is 21.1. The lowest BCUT2D eigenvalue weighted by Gasteiger charge is -2.09. The van der Waals surface area contributed by atoms with Crippen molar-refractivity contribution in [2.24, 2.45) is 0 Å². The van der Waals surface area contributed by atoms with Crippen molar-refractivity contribution in [3.63, 3.8) is 0 Å². The predicted molar refractivity (Wildman–Crippen MR) is 125 cm³/mol. The molecule has 0 aliphatic rings. The highest BCUT2D eigenvalue weighted by Gasteiger charge is 2.17. The van der Waals surface area contributed by atoms with Gasteiger partial charge in [0, 0.05) is 28.3 Å². The van der Waals surface area contributed by atoms with Gasteiger partial charge in [0.15, 0.2) is 10.1 Å². The Labute approximate surface area is 184 Å². The first-order valence-electron chi connectivity index (χ1n) is 9.59. The molecule has 0 aliphatic carbocycles. The Morgan fingerprint density at radius 3 is 2.53 bits per heavy atom. The van der Waals surface area contributed by atoms with E-state index >= 15 is 0 Å². The van der Waals surface area contributed by atoms with Crippen LogP contribution in [-0.4, -0.2) is 26.3 Å². The molecule has 4 rings (SSSR count). The van der Waals surface area contributed by atoms with Crippen molar-refractivity contribution in [2.45, 2.75) is 25.1 Å². The van der Waals surface area contributed by atoms with E-state index in [1.165, 1.54) is 23.1 Å². The highest BCUT2D eigenvalue weighted by molar-refractivity contribution is 8.01. The lowest BCUT2D eigenvalue weighted by atomic mass is 10.2. The van der Waals surface area contributed by atoms with Crippen LogP contribution in [0.3, 0.4) is 0 Å². The van der Waals surface area contributed by atoms with Crippen LogP contribution >= 0.6 is 23.1 Å². The number of nitrogens with one attached hydrogen (secondary N) is 1. The first-order chi connectivity index (χ1) is 14.5. The van der Waals surface area contributed by atoms with Gasteiger partial charge in [-0.2, -0.15) is 0 Å². The molecule has 2 aromatic heterocycles. The molecule has 4 aromatic rings. The molecule has 0 spiro atoms. The van der Waals surface area contributed by atoms with Crippen molar-refractivity contribution in [3.8, 4) is 5.69 Å². The molecule has 0 atom stereocenters. The Hall–Kier alpha value is -2.90. The number of thioether (sulfide) groups is 1. The molecule has 0 amide bonds. The third-order valence-corrected chi connectivity index (χ3v) is 6.84. The summed E-state index contributed by atoms with van der Waals surface area (Å²) in [6, 6.07) is 20.1. The van der Waals surface area contributed by atoms with E-state index in [1.54, 1.807) is 0 Å². The molecular weight excluding hydrogens is 412 g/mol. The van der Waals surface area contributed by atoms with Gasteiger partial charge < -0.3 is 9.88 Å². The van der Waals surface area contributed by atoms with E-state index in [2.05, 4.69) is 20.1 Å². The molecule has 30 heavy (non-hydrogen) atoms. The summed E-state index contributed by atoms with van der Waals surface area (Å²) in [5, 5.41) is 12.4. The van der Waals surface area contributed by atoms with Gasteiger partial charge in [0.2, 0.25) is 5.13 Å². The minimum Gasteiger partial charge on any atom is -0.330 e. The van der Waals surface area contributed by atoms with Crippen molar-refractivity contribution in [1.29, 1.82) is 0 Å². The smallest absolute Gasteiger partial charge is 0.210 e. The van der Waals surface area contributed by atoms with Crippen LogP contribution < -0.4 is 5.32 Å². The molecule has 7 heteroatoms. The summed E-state index contributed by atoms with van der Waals surface area (Å²) < 4.78 is 2.89. The van der Waals surface area contributed by atoms with Gasteiger partial charge in [0.25, 0.3) is 0 Å². The summed E-state index contributed by atoms with van der Waals surface area (Å²) in [5.74, 6) is 0.428. The minimum absolute atomic E-state index is 0.0962. The quantitative estimate of drug-likeness (QED) is 0.287. The number of aryl methyl sites for hydroxylation is 2. The molecule has 5 nitrogen and oxygen atoms in total. The normalized spacial score (nSPS) is 10.9. The first kappa shape index (κ1) is 20.4. The molecular formula is C23H22N4OS2. The van der Waals surface area contributed by atoms with Crippen LogP contribution in [0.25, 0.3) is 5.69 Å². The summed E-state index contributed by atoms with van der Waals surface area (Å²) in [7, 11) is 0. The number of hydrogen-bond donors (Lipinski definition) is 1. The summed E-state index contributed by atoms with van der Waals surface area (Å²) in [6.07, 6.45) is 0. The molecule has 0 radical (unpaired) electrons. The van der Waals surface area contributed by atoms with Gasteiger partial charge >= 0.3 is 0 Å². The number of rotatable bonds is 7. The maximum atomic E-state index is 12.9. The van der Waals surface area contributed by atoms with E-state index in [4.69, 9.17) is 0 Å². The van der Waals surface area contributed by atoms with Crippen LogP contribution in [-0.2, 0) is 0 Å². The van der Waals surface area contributed by atoms with E-state index < -0.39 is 0 Å². The fraction of sp³-hybridized carbons (Fsp3) is 0.174. The third-order valence-electron chi connectivity index (χ3n) is 4.87. The van der Waals surface area contributed by atoms with Crippen LogP contribution in [0.2, 0.25) is 0 Å². The number of Topliss-reactive ketones (excluding diaryl/α,β-unsaturated/α-hetero) is 1. The monoisotopic (exact) mass is 434 g/mol. The number of carbonyl (C=O) groups excluding carboxylic acids is 1. The molecule has 0 fully saturated rings. The number of nitrogens with zero attached hydrogens (tertiary/aromatic N) is 3. The SMILES string of the molecule is Cc1ccccc1Nc1nnc(SCC(=O)c2cc(C)n(-c3ccccc3)c2C)s1. The van der Waals surface area contributed by atoms with Crippen LogP contribution in [0.5, 0.6) is 0 Å². The largest absolute Gasteiger partial charge is 0.330 e. The number of para-hydroxylation sites is 2. The minimum atomic E-state index is 0.0962. The second kappa shape index (κ2) is 8.85. The topological polar surface area (TPSA) is 59.8 Å². The highest BCUT2D eigenvalue weighted by Crippen LogP contribution is 2.30. The van der Waals surface area contributed by atoms with Gasteiger partial charge in [-0.25, -0.2) is 0 Å². The molecule has 152 valence electrons. The first-order valence-corrected chi connectivity index (χ1v) is 11.4. The van der Waals surface area contributed by atoms with Crippen molar-refractivity contribution >= 4 is 39.7 Å². The van der Waals surface area contributed by atoms with Crippen molar-refractivity contribution in [1.82, 2.24) is 14.8 Å². The molecule has 0 unspecified atom stereocenters. The second-order valence-corrected chi connectivity index (χ2v) is 9.18. The average molecular weight is 435 g/mol. The van der Waals surface area contributed by atoms with Crippen LogP contribution in [0, 0.1) is 20.8 Å². The average Bonchev–Trinajstić information content (AvgIpc) is 3.32. The zero-order valence-electron chi connectivity index (χ0n) is 17.0. The van der Waals surface area contributed by atoms with Gasteiger partial charge in [-0.15, -0.1) is 10.2 Å². The fourth-order valence-electron chi connectivity index (χ4n) is 3.37. The van der Waals surface area contributed by atoms with Crippen molar-refractivity contribution < 1.29 is 4.79 Å². The molecule has 0 aliphatic heterocycles. The maximum Gasteiger partial charge on any atom is 0.210 e. The lowest BCUT2D eigenvalue weighted by Crippen LogP contribution is -2.05. The summed E-state index contributed by atoms with van der Waals surface area (Å²) in [6.45, 7) is 6.06. The number of hydrogen-bond acceptors (Lipinski definition) is 6.